The predicted octanol–water partition coefficient (Wildman–Crippen LogP) is 3.83. The zero-order chi connectivity index (χ0) is 21.4. The second-order valence-electron chi connectivity index (χ2n) is 7.21. The summed E-state index contributed by atoms with van der Waals surface area (Å²) in [5.41, 5.74) is 3.05. The van der Waals surface area contributed by atoms with Crippen molar-refractivity contribution in [3.05, 3.63) is 75.7 Å². The third kappa shape index (κ3) is 3.84. The molecule has 1 amide bonds. The molecule has 9 heteroatoms. The van der Waals surface area contributed by atoms with Gasteiger partial charge in [-0.1, -0.05) is 41.6 Å². The van der Waals surface area contributed by atoms with E-state index < -0.39 is 0 Å². The Kier molecular flexibility index (Phi) is 5.25. The van der Waals surface area contributed by atoms with Crippen molar-refractivity contribution in [2.24, 2.45) is 0 Å². The SMILES string of the molecule is O=C(CSc1nc2c(cnn2-c2ccc(Cl)cc2)c(=O)[nH]1)N1CCCc2ccccc21. The molecule has 0 radical (unpaired) electrons. The molecule has 2 aromatic carbocycles. The van der Waals surface area contributed by atoms with Crippen molar-refractivity contribution in [1.29, 1.82) is 0 Å². The first-order valence-electron chi connectivity index (χ1n) is 9.85. The van der Waals surface area contributed by atoms with Crippen LogP contribution in [0.15, 0.2) is 64.7 Å². The van der Waals surface area contributed by atoms with Gasteiger partial charge in [0.15, 0.2) is 10.8 Å². The van der Waals surface area contributed by atoms with E-state index in [0.717, 1.165) is 24.2 Å². The van der Waals surface area contributed by atoms with E-state index in [1.165, 1.54) is 23.5 Å². The fourth-order valence-electron chi connectivity index (χ4n) is 3.74. The van der Waals surface area contributed by atoms with Gasteiger partial charge in [0.25, 0.3) is 5.56 Å². The number of benzene rings is 2. The average molecular weight is 452 g/mol. The molecule has 31 heavy (non-hydrogen) atoms. The van der Waals surface area contributed by atoms with Crippen molar-refractivity contribution in [1.82, 2.24) is 19.7 Å². The van der Waals surface area contributed by atoms with Crippen LogP contribution >= 0.6 is 23.4 Å². The maximum atomic E-state index is 12.9. The highest BCUT2D eigenvalue weighted by Crippen LogP contribution is 2.28. The maximum absolute atomic E-state index is 12.9. The minimum Gasteiger partial charge on any atom is -0.311 e. The molecule has 1 aliphatic rings. The van der Waals surface area contributed by atoms with Crippen LogP contribution in [-0.4, -0.2) is 38.0 Å². The van der Waals surface area contributed by atoms with Crippen LogP contribution in [0.1, 0.15) is 12.0 Å². The smallest absolute Gasteiger partial charge is 0.262 e. The monoisotopic (exact) mass is 451 g/mol. The number of carbonyl (C=O) groups excluding carboxylic acids is 1. The van der Waals surface area contributed by atoms with Crippen LogP contribution in [0.25, 0.3) is 16.7 Å². The first-order chi connectivity index (χ1) is 15.1. The zero-order valence-corrected chi connectivity index (χ0v) is 18.0. The van der Waals surface area contributed by atoms with Crippen LogP contribution in [0, 0.1) is 0 Å². The normalized spacial score (nSPS) is 13.4. The number of carbonyl (C=O) groups is 1. The van der Waals surface area contributed by atoms with E-state index in [2.05, 4.69) is 21.1 Å². The number of halogens is 1. The number of aromatic amines is 1. The van der Waals surface area contributed by atoms with Crippen LogP contribution in [0.2, 0.25) is 5.02 Å². The second kappa shape index (κ2) is 8.20. The van der Waals surface area contributed by atoms with Gasteiger partial charge in [-0.3, -0.25) is 9.59 Å². The molecule has 1 N–H and O–H groups in total. The van der Waals surface area contributed by atoms with E-state index in [4.69, 9.17) is 11.6 Å². The summed E-state index contributed by atoms with van der Waals surface area (Å²) >= 11 is 7.18. The molecular weight excluding hydrogens is 434 g/mol. The number of fused-ring (bicyclic) bond motifs is 2. The third-order valence-electron chi connectivity index (χ3n) is 5.23. The summed E-state index contributed by atoms with van der Waals surface area (Å²) in [6.07, 6.45) is 3.40. The number of H-pyrrole nitrogens is 1. The fraction of sp³-hybridized carbons (Fsp3) is 0.182. The van der Waals surface area contributed by atoms with Crippen molar-refractivity contribution in [2.75, 3.05) is 17.2 Å². The van der Waals surface area contributed by atoms with Gasteiger partial charge in [0.1, 0.15) is 5.39 Å². The standard InChI is InChI=1S/C22H18ClN5O2S/c23-15-7-9-16(10-8-15)28-20-17(12-24-28)21(30)26-22(25-20)31-13-19(29)27-11-3-5-14-4-1-2-6-18(14)27/h1-2,4,6-10,12H,3,5,11,13H2,(H,25,26,30). The van der Waals surface area contributed by atoms with E-state index in [1.807, 2.05) is 35.2 Å². The van der Waals surface area contributed by atoms with Crippen molar-refractivity contribution in [3.8, 4) is 5.69 Å². The maximum Gasteiger partial charge on any atom is 0.262 e. The summed E-state index contributed by atoms with van der Waals surface area (Å²) < 4.78 is 1.59. The fourth-order valence-corrected chi connectivity index (χ4v) is 4.60. The van der Waals surface area contributed by atoms with Crippen molar-refractivity contribution < 1.29 is 4.79 Å². The number of aryl methyl sites for hydroxylation is 1. The largest absolute Gasteiger partial charge is 0.311 e. The van der Waals surface area contributed by atoms with Gasteiger partial charge in [-0.05, 0) is 48.7 Å². The number of hydrogen-bond donors (Lipinski definition) is 1. The highest BCUT2D eigenvalue weighted by atomic mass is 35.5. The highest BCUT2D eigenvalue weighted by Gasteiger charge is 2.22. The Morgan fingerprint density at radius 1 is 1.16 bits per heavy atom. The lowest BCUT2D eigenvalue weighted by Crippen LogP contribution is -2.36. The Morgan fingerprint density at radius 2 is 1.97 bits per heavy atom. The van der Waals surface area contributed by atoms with Crippen LogP contribution < -0.4 is 10.5 Å². The van der Waals surface area contributed by atoms with Crippen LogP contribution in [-0.2, 0) is 11.2 Å². The van der Waals surface area contributed by atoms with Crippen LogP contribution in [0.4, 0.5) is 5.69 Å². The quantitative estimate of drug-likeness (QED) is 0.376. The molecular formula is C22H18ClN5O2S. The Hall–Kier alpha value is -3.10. The average Bonchev–Trinajstić information content (AvgIpc) is 3.22. The highest BCUT2D eigenvalue weighted by molar-refractivity contribution is 7.99. The lowest BCUT2D eigenvalue weighted by atomic mass is 10.0. The molecule has 2 aromatic heterocycles. The van der Waals surface area contributed by atoms with E-state index in [0.29, 0.717) is 27.8 Å². The number of nitrogens with one attached hydrogen (secondary N) is 1. The van der Waals surface area contributed by atoms with Crippen molar-refractivity contribution in [2.45, 2.75) is 18.0 Å². The lowest BCUT2D eigenvalue weighted by Gasteiger charge is -2.29. The number of thioether (sulfide) groups is 1. The molecule has 0 bridgehead atoms. The van der Waals surface area contributed by atoms with E-state index in [9.17, 15) is 9.59 Å². The Morgan fingerprint density at radius 3 is 2.81 bits per heavy atom. The molecule has 0 atom stereocenters. The molecule has 5 rings (SSSR count). The molecule has 7 nitrogen and oxygen atoms in total. The first-order valence-corrected chi connectivity index (χ1v) is 11.2. The number of hydrogen-bond acceptors (Lipinski definition) is 5. The topological polar surface area (TPSA) is 83.9 Å². The van der Waals surface area contributed by atoms with Gasteiger partial charge < -0.3 is 9.88 Å². The van der Waals surface area contributed by atoms with E-state index in [1.54, 1.807) is 16.8 Å². The molecule has 0 spiro atoms. The van der Waals surface area contributed by atoms with Gasteiger partial charge in [0.05, 0.1) is 17.6 Å². The molecule has 0 aliphatic carbocycles. The molecule has 0 fully saturated rings. The predicted molar refractivity (Wildman–Crippen MR) is 122 cm³/mol. The molecule has 0 saturated heterocycles. The van der Waals surface area contributed by atoms with Gasteiger partial charge >= 0.3 is 0 Å². The van der Waals surface area contributed by atoms with Crippen LogP contribution in [0.3, 0.4) is 0 Å². The van der Waals surface area contributed by atoms with Crippen molar-refractivity contribution in [3.63, 3.8) is 0 Å². The number of rotatable bonds is 4. The summed E-state index contributed by atoms with van der Waals surface area (Å²) in [5.74, 6) is 0.170. The van der Waals surface area contributed by atoms with Gasteiger partial charge in [-0.25, -0.2) is 9.67 Å². The Labute approximate surface area is 187 Å². The summed E-state index contributed by atoms with van der Waals surface area (Å²) in [4.78, 5) is 34.6. The number of anilines is 1. The summed E-state index contributed by atoms with van der Waals surface area (Å²) in [7, 11) is 0. The molecule has 156 valence electrons. The van der Waals surface area contributed by atoms with Gasteiger partial charge in [-0.2, -0.15) is 5.10 Å². The molecule has 1 aliphatic heterocycles. The third-order valence-corrected chi connectivity index (χ3v) is 6.34. The summed E-state index contributed by atoms with van der Waals surface area (Å²) in [6.45, 7) is 0.697. The summed E-state index contributed by atoms with van der Waals surface area (Å²) in [6, 6.07) is 15.1. The first kappa shape index (κ1) is 19.8. The van der Waals surface area contributed by atoms with Gasteiger partial charge in [-0.15, -0.1) is 0 Å². The molecule has 0 unspecified atom stereocenters. The van der Waals surface area contributed by atoms with Crippen LogP contribution in [0.5, 0.6) is 0 Å². The lowest BCUT2D eigenvalue weighted by molar-refractivity contribution is -0.116. The number of para-hydroxylation sites is 1. The number of amides is 1. The van der Waals surface area contributed by atoms with E-state index in [-0.39, 0.29) is 17.2 Å². The van der Waals surface area contributed by atoms with Gasteiger partial charge in [0, 0.05) is 17.3 Å². The number of aromatic nitrogens is 4. The molecule has 0 saturated carbocycles. The van der Waals surface area contributed by atoms with E-state index >= 15 is 0 Å². The molecule has 4 aromatic rings. The number of nitrogens with zero attached hydrogens (tertiary/aromatic N) is 4. The second-order valence-corrected chi connectivity index (χ2v) is 8.61. The zero-order valence-electron chi connectivity index (χ0n) is 16.4. The summed E-state index contributed by atoms with van der Waals surface area (Å²) in [5, 5.41) is 5.67. The van der Waals surface area contributed by atoms with Crippen molar-refractivity contribution >= 4 is 46.0 Å². The van der Waals surface area contributed by atoms with Gasteiger partial charge in [0.2, 0.25) is 5.91 Å². The Balaban J connectivity index is 1.40. The molecule has 3 heterocycles. The minimum absolute atomic E-state index is 0.00824. The minimum atomic E-state index is -0.288. The Bertz CT molecular complexity index is 1330.